The highest BCUT2D eigenvalue weighted by Crippen LogP contribution is 2.25. The second-order valence-electron chi connectivity index (χ2n) is 4.18. The molecule has 0 radical (unpaired) electrons. The van der Waals surface area contributed by atoms with Crippen LogP contribution in [0.25, 0.3) is 10.6 Å². The van der Waals surface area contributed by atoms with Gasteiger partial charge >= 0.3 is 5.97 Å². The van der Waals surface area contributed by atoms with E-state index in [1.54, 1.807) is 6.07 Å². The van der Waals surface area contributed by atoms with E-state index in [0.29, 0.717) is 21.7 Å². The van der Waals surface area contributed by atoms with Gasteiger partial charge in [-0.3, -0.25) is 0 Å². The Balaban J connectivity index is 1.62. The Kier molecular flexibility index (Phi) is 3.65. The monoisotopic (exact) mass is 302 g/mol. The molecule has 0 spiro atoms. The molecule has 0 aliphatic carbocycles. The summed E-state index contributed by atoms with van der Waals surface area (Å²) in [6.45, 7) is 0.0139. The second-order valence-corrected chi connectivity index (χ2v) is 5.13. The Morgan fingerprint density at radius 2 is 2.19 bits per heavy atom. The van der Waals surface area contributed by atoms with Crippen molar-refractivity contribution >= 4 is 17.3 Å². The zero-order valence-corrected chi connectivity index (χ0v) is 11.6. The molecule has 0 unspecified atom stereocenters. The van der Waals surface area contributed by atoms with Gasteiger partial charge in [0.2, 0.25) is 0 Å². The van der Waals surface area contributed by atoms with E-state index in [0.717, 1.165) is 4.88 Å². The molecule has 0 bridgehead atoms. The van der Waals surface area contributed by atoms with Crippen molar-refractivity contribution in [2.45, 2.75) is 6.61 Å². The molecule has 0 saturated heterocycles. The molecule has 0 aromatic carbocycles. The molecule has 0 atom stereocenters. The number of pyridine rings is 1. The number of hydrogen-bond donors (Lipinski definition) is 0. The van der Waals surface area contributed by atoms with Crippen LogP contribution in [0, 0.1) is 5.21 Å². The van der Waals surface area contributed by atoms with Gasteiger partial charge in [0.15, 0.2) is 18.2 Å². The molecule has 106 valence electrons. The van der Waals surface area contributed by atoms with E-state index in [4.69, 9.17) is 9.26 Å². The Labute approximate surface area is 123 Å². The standard InChI is InChI=1S/C14H10N2O4S/c17-14(10-3-5-16(18)6-4-10)19-9-11-8-12(20-15-11)13-2-1-7-21-13/h1-8H,9H2. The summed E-state index contributed by atoms with van der Waals surface area (Å²) in [6.07, 6.45) is 2.48. The number of esters is 1. The average Bonchev–Trinajstić information content (AvgIpc) is 3.16. The maximum atomic E-state index is 11.8. The lowest BCUT2D eigenvalue weighted by Gasteiger charge is -2.01. The summed E-state index contributed by atoms with van der Waals surface area (Å²) in [5, 5.41) is 16.7. The lowest BCUT2D eigenvalue weighted by atomic mass is 10.3. The lowest BCUT2D eigenvalue weighted by molar-refractivity contribution is -0.605. The van der Waals surface area contributed by atoms with Crippen molar-refractivity contribution in [2.24, 2.45) is 0 Å². The van der Waals surface area contributed by atoms with Crippen LogP contribution in [0.5, 0.6) is 0 Å². The maximum Gasteiger partial charge on any atom is 0.338 e. The van der Waals surface area contributed by atoms with Gasteiger partial charge in [0, 0.05) is 18.2 Å². The molecule has 7 heteroatoms. The largest absolute Gasteiger partial charge is 0.619 e. The Bertz CT molecular complexity index is 735. The molecule has 0 fully saturated rings. The van der Waals surface area contributed by atoms with Crippen molar-refractivity contribution < 1.29 is 18.8 Å². The zero-order valence-electron chi connectivity index (χ0n) is 10.8. The van der Waals surface area contributed by atoms with Gasteiger partial charge in [0.25, 0.3) is 0 Å². The van der Waals surface area contributed by atoms with Crippen LogP contribution in [-0.4, -0.2) is 11.1 Å². The van der Waals surface area contributed by atoms with Crippen LogP contribution in [0.15, 0.2) is 52.6 Å². The van der Waals surface area contributed by atoms with Crippen molar-refractivity contribution in [3.63, 3.8) is 0 Å². The molecule has 21 heavy (non-hydrogen) atoms. The van der Waals surface area contributed by atoms with Crippen molar-refractivity contribution in [2.75, 3.05) is 0 Å². The molecule has 3 heterocycles. The summed E-state index contributed by atoms with van der Waals surface area (Å²) in [6, 6.07) is 8.36. The van der Waals surface area contributed by atoms with E-state index in [-0.39, 0.29) is 6.61 Å². The molecular formula is C14H10N2O4S. The van der Waals surface area contributed by atoms with Gasteiger partial charge in [-0.2, -0.15) is 4.73 Å². The van der Waals surface area contributed by atoms with Gasteiger partial charge in [-0.05, 0) is 11.4 Å². The van der Waals surface area contributed by atoms with Gasteiger partial charge in [-0.25, -0.2) is 4.79 Å². The first kappa shape index (κ1) is 13.3. The first-order valence-electron chi connectivity index (χ1n) is 6.08. The molecule has 0 N–H and O–H groups in total. The summed E-state index contributed by atoms with van der Waals surface area (Å²) < 4.78 is 10.9. The van der Waals surface area contributed by atoms with Crippen LogP contribution < -0.4 is 4.73 Å². The number of rotatable bonds is 4. The molecule has 3 aromatic rings. The molecule has 3 aromatic heterocycles. The molecule has 0 amide bonds. The first-order chi connectivity index (χ1) is 10.2. The number of aromatic nitrogens is 2. The summed E-state index contributed by atoms with van der Waals surface area (Å²) >= 11 is 1.54. The SMILES string of the molecule is O=C(OCc1cc(-c2cccs2)on1)c1cc[n+]([O-])cc1. The van der Waals surface area contributed by atoms with Crippen LogP contribution in [0.4, 0.5) is 0 Å². The highest BCUT2D eigenvalue weighted by Gasteiger charge is 2.12. The van der Waals surface area contributed by atoms with Crippen molar-refractivity contribution in [1.29, 1.82) is 0 Å². The van der Waals surface area contributed by atoms with Crippen LogP contribution in [0.2, 0.25) is 0 Å². The summed E-state index contributed by atoms with van der Waals surface area (Å²) in [4.78, 5) is 12.7. The summed E-state index contributed by atoms with van der Waals surface area (Å²) in [5.41, 5.74) is 0.839. The average molecular weight is 302 g/mol. The third-order valence-electron chi connectivity index (χ3n) is 2.71. The van der Waals surface area contributed by atoms with Gasteiger partial charge in [-0.15, -0.1) is 11.3 Å². The van der Waals surface area contributed by atoms with E-state index in [1.165, 1.54) is 35.9 Å². The maximum absolute atomic E-state index is 11.8. The topological polar surface area (TPSA) is 79.3 Å². The fourth-order valence-corrected chi connectivity index (χ4v) is 2.36. The Hall–Kier alpha value is -2.67. The molecule has 0 aliphatic heterocycles. The third-order valence-corrected chi connectivity index (χ3v) is 3.60. The minimum absolute atomic E-state index is 0.0139. The number of ether oxygens (including phenoxy) is 1. The fraction of sp³-hybridized carbons (Fsp3) is 0.0714. The van der Waals surface area contributed by atoms with E-state index >= 15 is 0 Å². The van der Waals surface area contributed by atoms with Crippen molar-refractivity contribution in [3.8, 4) is 10.6 Å². The highest BCUT2D eigenvalue weighted by atomic mass is 32.1. The minimum Gasteiger partial charge on any atom is -0.619 e. The van der Waals surface area contributed by atoms with Gasteiger partial charge in [-0.1, -0.05) is 11.2 Å². The molecule has 0 aliphatic rings. The zero-order chi connectivity index (χ0) is 14.7. The summed E-state index contributed by atoms with van der Waals surface area (Å²) in [7, 11) is 0. The van der Waals surface area contributed by atoms with Crippen LogP contribution >= 0.6 is 11.3 Å². The van der Waals surface area contributed by atoms with Crippen LogP contribution in [0.3, 0.4) is 0 Å². The Morgan fingerprint density at radius 3 is 2.90 bits per heavy atom. The smallest absolute Gasteiger partial charge is 0.338 e. The van der Waals surface area contributed by atoms with Gasteiger partial charge in [0.1, 0.15) is 12.3 Å². The third kappa shape index (κ3) is 3.09. The molecular weight excluding hydrogens is 292 g/mol. The number of nitrogens with zero attached hydrogens (tertiary/aromatic N) is 2. The van der Waals surface area contributed by atoms with E-state index < -0.39 is 5.97 Å². The number of carbonyl (C=O) groups is 1. The van der Waals surface area contributed by atoms with E-state index in [9.17, 15) is 10.0 Å². The van der Waals surface area contributed by atoms with Crippen molar-refractivity contribution in [3.05, 3.63) is 64.6 Å². The molecule has 0 saturated carbocycles. The molecule has 6 nitrogen and oxygen atoms in total. The predicted molar refractivity (Wildman–Crippen MR) is 74.3 cm³/mol. The minimum atomic E-state index is -0.517. The van der Waals surface area contributed by atoms with Crippen LogP contribution in [0.1, 0.15) is 16.1 Å². The normalized spacial score (nSPS) is 10.5. The number of carbonyl (C=O) groups excluding carboxylic acids is 1. The van der Waals surface area contributed by atoms with Gasteiger partial charge in [0.05, 0.1) is 10.4 Å². The Morgan fingerprint density at radius 1 is 1.38 bits per heavy atom. The fourth-order valence-electron chi connectivity index (χ4n) is 1.69. The first-order valence-corrected chi connectivity index (χ1v) is 6.96. The predicted octanol–water partition coefficient (Wildman–Crippen LogP) is 2.39. The lowest BCUT2D eigenvalue weighted by Crippen LogP contribution is -2.24. The highest BCUT2D eigenvalue weighted by molar-refractivity contribution is 7.13. The van der Waals surface area contributed by atoms with Gasteiger partial charge < -0.3 is 14.5 Å². The van der Waals surface area contributed by atoms with E-state index in [2.05, 4.69) is 5.16 Å². The van der Waals surface area contributed by atoms with Crippen LogP contribution in [-0.2, 0) is 11.3 Å². The quantitative estimate of drug-likeness (QED) is 0.420. The molecule has 3 rings (SSSR count). The number of hydrogen-bond acceptors (Lipinski definition) is 6. The summed E-state index contributed by atoms with van der Waals surface area (Å²) in [5.74, 6) is 0.124. The van der Waals surface area contributed by atoms with Crippen molar-refractivity contribution in [1.82, 2.24) is 5.16 Å². The second kappa shape index (κ2) is 5.76. The van der Waals surface area contributed by atoms with E-state index in [1.807, 2.05) is 17.5 Å². The number of thiophene rings is 1.